The summed E-state index contributed by atoms with van der Waals surface area (Å²) in [5.41, 5.74) is 4.44. The number of carbonyl (C=O) groups is 2. The van der Waals surface area contributed by atoms with Gasteiger partial charge in [0.25, 0.3) is 0 Å². The molecule has 6 nitrogen and oxygen atoms in total. The van der Waals surface area contributed by atoms with Gasteiger partial charge in [-0.2, -0.15) is 5.10 Å². The molecule has 3 aromatic rings. The first-order chi connectivity index (χ1) is 17.3. The SMILES string of the molecule is Cc1ccc(C2=NN(C(=N)S[C@H]3CC(=O)N(c4ccc(Cl)cc4)C3=O)[C@@H](c3ccc(Cl)cc3)C2)cc1. The molecule has 0 aromatic heterocycles. The van der Waals surface area contributed by atoms with Crippen molar-refractivity contribution < 1.29 is 9.59 Å². The monoisotopic (exact) mass is 536 g/mol. The molecule has 3 aromatic carbocycles. The second kappa shape index (κ2) is 10.1. The Kier molecular flexibility index (Phi) is 6.88. The van der Waals surface area contributed by atoms with E-state index in [1.807, 2.05) is 55.5 Å². The highest BCUT2D eigenvalue weighted by atomic mass is 35.5. The van der Waals surface area contributed by atoms with Crippen LogP contribution in [0.15, 0.2) is 77.9 Å². The first kappa shape index (κ1) is 24.6. The fourth-order valence-electron chi connectivity index (χ4n) is 4.31. The number of halogens is 2. The Balaban J connectivity index is 1.39. The molecule has 0 radical (unpaired) electrons. The van der Waals surface area contributed by atoms with Crippen LogP contribution >= 0.6 is 35.0 Å². The summed E-state index contributed by atoms with van der Waals surface area (Å²) in [6, 6.07) is 22.0. The lowest BCUT2D eigenvalue weighted by Gasteiger charge is -2.24. The van der Waals surface area contributed by atoms with Gasteiger partial charge in [-0.1, -0.05) is 76.9 Å². The van der Waals surface area contributed by atoms with Gasteiger partial charge in [0.05, 0.1) is 17.4 Å². The number of benzene rings is 3. The topological polar surface area (TPSA) is 76.8 Å². The van der Waals surface area contributed by atoms with E-state index in [2.05, 4.69) is 0 Å². The van der Waals surface area contributed by atoms with Crippen molar-refractivity contribution >= 4 is 63.3 Å². The third-order valence-electron chi connectivity index (χ3n) is 6.20. The van der Waals surface area contributed by atoms with Crippen LogP contribution in [-0.2, 0) is 9.59 Å². The first-order valence-electron chi connectivity index (χ1n) is 11.4. The summed E-state index contributed by atoms with van der Waals surface area (Å²) in [5, 5.41) is 15.9. The number of nitrogens with zero attached hydrogens (tertiary/aromatic N) is 3. The van der Waals surface area contributed by atoms with Crippen LogP contribution < -0.4 is 4.90 Å². The van der Waals surface area contributed by atoms with Crippen LogP contribution in [0.5, 0.6) is 0 Å². The second-order valence-corrected chi connectivity index (χ2v) is 10.8. The van der Waals surface area contributed by atoms with Gasteiger partial charge in [-0.05, 0) is 54.4 Å². The maximum atomic E-state index is 13.1. The first-order valence-corrected chi connectivity index (χ1v) is 13.0. The van der Waals surface area contributed by atoms with Gasteiger partial charge in [0, 0.05) is 22.9 Å². The molecule has 1 N–H and O–H groups in total. The van der Waals surface area contributed by atoms with E-state index in [9.17, 15) is 9.59 Å². The summed E-state index contributed by atoms with van der Waals surface area (Å²) >= 11 is 13.1. The van der Waals surface area contributed by atoms with Gasteiger partial charge >= 0.3 is 0 Å². The summed E-state index contributed by atoms with van der Waals surface area (Å²) in [6.07, 6.45) is 0.616. The van der Waals surface area contributed by atoms with Gasteiger partial charge in [0.15, 0.2) is 5.17 Å². The Morgan fingerprint density at radius 2 is 1.53 bits per heavy atom. The second-order valence-electron chi connectivity index (χ2n) is 8.69. The lowest BCUT2D eigenvalue weighted by Crippen LogP contribution is -2.32. The minimum absolute atomic E-state index is 0.0164. The molecule has 1 saturated heterocycles. The summed E-state index contributed by atoms with van der Waals surface area (Å²) < 4.78 is 0. The number of thioether (sulfide) groups is 1. The summed E-state index contributed by atoms with van der Waals surface area (Å²) in [4.78, 5) is 27.0. The fourth-order valence-corrected chi connectivity index (χ4v) is 5.54. The molecule has 5 rings (SSSR count). The molecular formula is C27H22Cl2N4O2S. The Labute approximate surface area is 223 Å². The van der Waals surface area contributed by atoms with Crippen LogP contribution in [0.1, 0.15) is 35.6 Å². The predicted octanol–water partition coefficient (Wildman–Crippen LogP) is 6.45. The highest BCUT2D eigenvalue weighted by Crippen LogP contribution is 2.38. The third kappa shape index (κ3) is 4.91. The molecule has 2 heterocycles. The quantitative estimate of drug-likeness (QED) is 0.236. The predicted molar refractivity (Wildman–Crippen MR) is 146 cm³/mol. The molecule has 0 aliphatic carbocycles. The van der Waals surface area contributed by atoms with Crippen molar-refractivity contribution in [3.8, 4) is 0 Å². The average molecular weight is 537 g/mol. The van der Waals surface area contributed by atoms with Crippen LogP contribution in [0.25, 0.3) is 0 Å². The van der Waals surface area contributed by atoms with Crippen molar-refractivity contribution in [1.29, 1.82) is 5.41 Å². The van der Waals surface area contributed by atoms with E-state index in [-0.39, 0.29) is 29.4 Å². The number of rotatable bonds is 4. The van der Waals surface area contributed by atoms with E-state index in [4.69, 9.17) is 33.7 Å². The number of anilines is 1. The number of nitrogens with one attached hydrogen (secondary N) is 1. The zero-order chi connectivity index (χ0) is 25.4. The zero-order valence-corrected chi connectivity index (χ0v) is 21.6. The highest BCUT2D eigenvalue weighted by Gasteiger charge is 2.42. The molecule has 1 fully saturated rings. The van der Waals surface area contributed by atoms with E-state index >= 15 is 0 Å². The van der Waals surface area contributed by atoms with Gasteiger partial charge in [-0.15, -0.1) is 0 Å². The van der Waals surface area contributed by atoms with Crippen LogP contribution in [0.2, 0.25) is 10.0 Å². The van der Waals surface area contributed by atoms with Crippen molar-refractivity contribution in [2.45, 2.75) is 31.1 Å². The Hall–Kier alpha value is -3.13. The molecule has 2 aliphatic rings. The molecule has 2 atom stereocenters. The minimum Gasteiger partial charge on any atom is -0.277 e. The standard InChI is InChI=1S/C27H22Cl2N4O2S/c1-16-2-4-17(5-3-16)22-14-23(18-6-8-19(28)9-7-18)33(31-22)27(30)36-24-15-25(34)32(26(24)35)21-12-10-20(29)11-13-21/h2-13,23-24,30H,14-15H2,1H3/t23-,24+/m1/s1. The number of amides is 2. The highest BCUT2D eigenvalue weighted by molar-refractivity contribution is 8.14. The van der Waals surface area contributed by atoms with E-state index in [0.29, 0.717) is 22.2 Å². The van der Waals surface area contributed by atoms with Crippen LogP contribution in [0.4, 0.5) is 5.69 Å². The van der Waals surface area contributed by atoms with E-state index in [1.165, 1.54) is 4.90 Å². The molecule has 0 unspecified atom stereocenters. The third-order valence-corrected chi connectivity index (χ3v) is 7.77. The Bertz CT molecular complexity index is 1360. The van der Waals surface area contributed by atoms with Crippen LogP contribution in [0, 0.1) is 12.3 Å². The number of carbonyl (C=O) groups excluding carboxylic acids is 2. The maximum absolute atomic E-state index is 13.1. The van der Waals surface area contributed by atoms with Crippen molar-refractivity contribution in [3.05, 3.63) is 99.5 Å². The number of hydrogen-bond acceptors (Lipinski definition) is 5. The van der Waals surface area contributed by atoms with Gasteiger partial charge in [-0.3, -0.25) is 15.0 Å². The minimum atomic E-state index is -0.704. The normalized spacial score (nSPS) is 19.7. The molecule has 0 saturated carbocycles. The molecular weight excluding hydrogens is 515 g/mol. The number of aryl methyl sites for hydroxylation is 1. The van der Waals surface area contributed by atoms with Crippen molar-refractivity contribution in [2.75, 3.05) is 4.90 Å². The fraction of sp³-hybridized carbons (Fsp3) is 0.185. The van der Waals surface area contributed by atoms with Gasteiger partial charge in [-0.25, -0.2) is 9.91 Å². The summed E-state index contributed by atoms with van der Waals surface area (Å²) in [6.45, 7) is 2.03. The van der Waals surface area contributed by atoms with Crippen LogP contribution in [-0.4, -0.2) is 33.0 Å². The van der Waals surface area contributed by atoms with Crippen molar-refractivity contribution in [3.63, 3.8) is 0 Å². The average Bonchev–Trinajstić information content (AvgIpc) is 3.42. The molecule has 0 bridgehead atoms. The van der Waals surface area contributed by atoms with Gasteiger partial charge < -0.3 is 0 Å². The van der Waals surface area contributed by atoms with Gasteiger partial charge in [0.2, 0.25) is 11.8 Å². The van der Waals surface area contributed by atoms with E-state index in [0.717, 1.165) is 34.2 Å². The van der Waals surface area contributed by atoms with Crippen molar-refractivity contribution in [1.82, 2.24) is 5.01 Å². The van der Waals surface area contributed by atoms with E-state index in [1.54, 1.807) is 29.3 Å². The number of hydrogen-bond donors (Lipinski definition) is 1. The molecule has 36 heavy (non-hydrogen) atoms. The molecule has 2 aliphatic heterocycles. The van der Waals surface area contributed by atoms with Gasteiger partial charge in [0.1, 0.15) is 5.25 Å². The number of amidine groups is 1. The number of imide groups is 1. The Morgan fingerprint density at radius 3 is 2.17 bits per heavy atom. The molecule has 0 spiro atoms. The van der Waals surface area contributed by atoms with E-state index < -0.39 is 5.25 Å². The Morgan fingerprint density at radius 1 is 0.917 bits per heavy atom. The number of hydrazone groups is 1. The molecule has 2 amide bonds. The lowest BCUT2D eigenvalue weighted by molar-refractivity contribution is -0.121. The van der Waals surface area contributed by atoms with Crippen LogP contribution in [0.3, 0.4) is 0 Å². The lowest BCUT2D eigenvalue weighted by atomic mass is 9.98. The maximum Gasteiger partial charge on any atom is 0.247 e. The molecule has 182 valence electrons. The smallest absolute Gasteiger partial charge is 0.247 e. The zero-order valence-electron chi connectivity index (χ0n) is 19.3. The molecule has 9 heteroatoms. The largest absolute Gasteiger partial charge is 0.277 e. The summed E-state index contributed by atoms with van der Waals surface area (Å²) in [7, 11) is 0. The summed E-state index contributed by atoms with van der Waals surface area (Å²) in [5.74, 6) is -0.644. The van der Waals surface area contributed by atoms with Crippen molar-refractivity contribution in [2.24, 2.45) is 5.10 Å².